The van der Waals surface area contributed by atoms with Gasteiger partial charge in [-0.15, -0.1) is 0 Å². The predicted octanol–water partition coefficient (Wildman–Crippen LogP) is 2.40. The molecule has 4 rings (SSSR count). The van der Waals surface area contributed by atoms with Gasteiger partial charge < -0.3 is 19.9 Å². The number of hydrogen-bond acceptors (Lipinski definition) is 6. The molecule has 0 unspecified atom stereocenters. The Bertz CT molecular complexity index is 957. The van der Waals surface area contributed by atoms with Gasteiger partial charge in [0.2, 0.25) is 6.79 Å². The van der Waals surface area contributed by atoms with Crippen molar-refractivity contribution < 1.29 is 22.6 Å². The first-order chi connectivity index (χ1) is 12.9. The molecule has 1 saturated carbocycles. The zero-order valence-electron chi connectivity index (χ0n) is 15.3. The molecule has 0 saturated heterocycles. The largest absolute Gasteiger partial charge is 0.454 e. The lowest BCUT2D eigenvalue weighted by atomic mass is 10.1. The Morgan fingerprint density at radius 1 is 1.15 bits per heavy atom. The molecule has 1 heterocycles. The summed E-state index contributed by atoms with van der Waals surface area (Å²) < 4.78 is 43.0. The molecule has 2 aliphatic rings. The zero-order chi connectivity index (χ0) is 19.2. The molecule has 2 aromatic carbocycles. The minimum Gasteiger partial charge on any atom is -0.454 e. The van der Waals surface area contributed by atoms with Gasteiger partial charge in [-0.25, -0.2) is 8.42 Å². The summed E-state index contributed by atoms with van der Waals surface area (Å²) in [4.78, 5) is 0.285. The van der Waals surface area contributed by atoms with Gasteiger partial charge in [0.05, 0.1) is 22.3 Å². The lowest BCUT2D eigenvalue weighted by molar-refractivity contribution is 0.125. The third kappa shape index (κ3) is 2.99. The molecule has 1 fully saturated rings. The minimum atomic E-state index is -3.61. The highest BCUT2D eigenvalue weighted by atomic mass is 32.2. The van der Waals surface area contributed by atoms with Crippen molar-refractivity contribution in [2.24, 2.45) is 5.73 Å². The van der Waals surface area contributed by atoms with Crippen molar-refractivity contribution in [1.29, 1.82) is 0 Å². The van der Waals surface area contributed by atoms with Gasteiger partial charge in [0.25, 0.3) is 0 Å². The molecule has 0 aromatic heterocycles. The molecule has 7 heteroatoms. The molecule has 1 aliphatic carbocycles. The average molecular weight is 389 g/mol. The summed E-state index contributed by atoms with van der Waals surface area (Å²) in [7, 11) is -3.61. The first-order valence-electron chi connectivity index (χ1n) is 8.94. The van der Waals surface area contributed by atoms with Crippen LogP contribution in [0.5, 0.6) is 11.5 Å². The van der Waals surface area contributed by atoms with Crippen molar-refractivity contribution in [3.05, 3.63) is 53.6 Å². The Morgan fingerprint density at radius 3 is 2.56 bits per heavy atom. The van der Waals surface area contributed by atoms with E-state index in [1.807, 2.05) is 26.0 Å². The Morgan fingerprint density at radius 2 is 1.85 bits per heavy atom. The van der Waals surface area contributed by atoms with E-state index in [0.29, 0.717) is 18.1 Å². The number of aryl methyl sites for hydroxylation is 1. The maximum Gasteiger partial charge on any atom is 0.231 e. The van der Waals surface area contributed by atoms with Crippen molar-refractivity contribution in [2.45, 2.75) is 35.4 Å². The molecule has 2 N–H and O–H groups in total. The Hall–Kier alpha value is -2.09. The van der Waals surface area contributed by atoms with Gasteiger partial charge >= 0.3 is 0 Å². The van der Waals surface area contributed by atoms with Crippen LogP contribution in [-0.2, 0) is 14.6 Å². The molecule has 0 amide bonds. The van der Waals surface area contributed by atoms with Crippen LogP contribution in [0.4, 0.5) is 0 Å². The van der Waals surface area contributed by atoms with Crippen molar-refractivity contribution in [3.8, 4) is 11.5 Å². The summed E-state index contributed by atoms with van der Waals surface area (Å²) in [5.41, 5.74) is 7.42. The fourth-order valence-corrected chi connectivity index (χ4v) is 6.10. The van der Waals surface area contributed by atoms with Crippen LogP contribution in [0.15, 0.2) is 47.4 Å². The van der Waals surface area contributed by atoms with Crippen molar-refractivity contribution >= 4 is 9.84 Å². The first-order valence-corrected chi connectivity index (χ1v) is 10.5. The summed E-state index contributed by atoms with van der Waals surface area (Å²) in [5, 5.41) is -0.750. The third-order valence-corrected chi connectivity index (χ3v) is 7.61. The number of fused-ring (bicyclic) bond motifs is 1. The lowest BCUT2D eigenvalue weighted by Gasteiger charge is -2.12. The van der Waals surface area contributed by atoms with Crippen LogP contribution in [0.25, 0.3) is 0 Å². The van der Waals surface area contributed by atoms with Crippen molar-refractivity contribution in [3.63, 3.8) is 0 Å². The summed E-state index contributed by atoms with van der Waals surface area (Å²) in [6, 6.07) is 12.4. The molecule has 0 spiro atoms. The molecule has 6 nitrogen and oxygen atoms in total. The second-order valence-corrected chi connectivity index (χ2v) is 9.19. The minimum absolute atomic E-state index is 0.168. The van der Waals surface area contributed by atoms with Crippen LogP contribution in [0.2, 0.25) is 0 Å². The second kappa shape index (κ2) is 6.51. The Labute approximate surface area is 159 Å². The van der Waals surface area contributed by atoms with Crippen LogP contribution in [0.1, 0.15) is 24.0 Å². The van der Waals surface area contributed by atoms with Crippen LogP contribution < -0.4 is 15.2 Å². The van der Waals surface area contributed by atoms with Crippen molar-refractivity contribution in [2.75, 3.05) is 20.0 Å². The summed E-state index contributed by atoms with van der Waals surface area (Å²) in [5.74, 6) is 0.902. The number of hydrogen-bond donors (Lipinski definition) is 1. The molecular weight excluding hydrogens is 366 g/mol. The average Bonchev–Trinajstić information content (AvgIpc) is 3.03. The van der Waals surface area contributed by atoms with E-state index in [2.05, 4.69) is 0 Å². The SMILES string of the molecule is CCOC[C@]1(N)[C@@H](c2ccc3c(c2)OCO3)[C@@H]1S(=O)(=O)c1ccc(C)cc1. The molecule has 0 radical (unpaired) electrons. The van der Waals surface area contributed by atoms with E-state index in [0.717, 1.165) is 11.1 Å². The monoisotopic (exact) mass is 389 g/mol. The van der Waals surface area contributed by atoms with Crippen LogP contribution >= 0.6 is 0 Å². The van der Waals surface area contributed by atoms with Crippen LogP contribution in [-0.4, -0.2) is 39.2 Å². The number of rotatable bonds is 6. The van der Waals surface area contributed by atoms with Crippen LogP contribution in [0.3, 0.4) is 0 Å². The normalized spacial score (nSPS) is 26.2. The maximum absolute atomic E-state index is 13.3. The highest BCUT2D eigenvalue weighted by Gasteiger charge is 2.69. The lowest BCUT2D eigenvalue weighted by Crippen LogP contribution is -2.36. The fourth-order valence-electron chi connectivity index (χ4n) is 3.81. The van der Waals surface area contributed by atoms with E-state index in [-0.39, 0.29) is 24.2 Å². The van der Waals surface area contributed by atoms with Gasteiger partial charge in [-0.1, -0.05) is 23.8 Å². The van der Waals surface area contributed by atoms with Crippen molar-refractivity contribution in [1.82, 2.24) is 0 Å². The molecular formula is C20H23NO5S. The Balaban J connectivity index is 1.72. The zero-order valence-corrected chi connectivity index (χ0v) is 16.2. The topological polar surface area (TPSA) is 87.8 Å². The smallest absolute Gasteiger partial charge is 0.231 e. The standard InChI is InChI=1S/C20H23NO5S/c1-3-24-11-20(21)18(14-6-9-16-17(10-14)26-12-25-16)19(20)27(22,23)15-7-4-13(2)5-8-15/h4-10,18-19H,3,11-12,21H2,1-2H3/t18-,19-,20-/m0/s1. The molecule has 0 bridgehead atoms. The van der Waals surface area contributed by atoms with Gasteiger partial charge in [0, 0.05) is 12.5 Å². The maximum atomic E-state index is 13.3. The molecule has 3 atom stereocenters. The predicted molar refractivity (Wildman–Crippen MR) is 101 cm³/mol. The third-order valence-electron chi connectivity index (χ3n) is 5.30. The number of nitrogens with two attached hydrogens (primary N) is 1. The van der Waals surface area contributed by atoms with E-state index in [1.165, 1.54) is 0 Å². The van der Waals surface area contributed by atoms with E-state index in [1.54, 1.807) is 30.3 Å². The van der Waals surface area contributed by atoms with E-state index in [9.17, 15) is 8.42 Å². The highest BCUT2D eigenvalue weighted by molar-refractivity contribution is 7.92. The number of benzene rings is 2. The van der Waals surface area contributed by atoms with E-state index < -0.39 is 20.6 Å². The number of sulfone groups is 1. The summed E-state index contributed by atoms with van der Waals surface area (Å²) in [6.07, 6.45) is 0. The first kappa shape index (κ1) is 18.3. The van der Waals surface area contributed by atoms with Crippen LogP contribution in [0, 0.1) is 6.92 Å². The van der Waals surface area contributed by atoms with Gasteiger partial charge in [-0.2, -0.15) is 0 Å². The highest BCUT2D eigenvalue weighted by Crippen LogP contribution is 2.56. The van der Waals surface area contributed by atoms with E-state index >= 15 is 0 Å². The van der Waals surface area contributed by atoms with Gasteiger partial charge in [-0.05, 0) is 43.7 Å². The van der Waals surface area contributed by atoms with Gasteiger partial charge in [0.1, 0.15) is 0 Å². The summed E-state index contributed by atoms with van der Waals surface area (Å²) in [6.45, 7) is 4.61. The van der Waals surface area contributed by atoms with E-state index in [4.69, 9.17) is 19.9 Å². The fraction of sp³-hybridized carbons (Fsp3) is 0.400. The number of ether oxygens (including phenoxy) is 3. The quantitative estimate of drug-likeness (QED) is 0.816. The second-order valence-electron chi connectivity index (χ2n) is 7.12. The van der Waals surface area contributed by atoms with Gasteiger partial charge in [-0.3, -0.25) is 0 Å². The van der Waals surface area contributed by atoms with Gasteiger partial charge in [0.15, 0.2) is 21.3 Å². The summed E-state index contributed by atoms with van der Waals surface area (Å²) >= 11 is 0. The molecule has 2 aromatic rings. The molecule has 27 heavy (non-hydrogen) atoms. The molecule has 1 aliphatic heterocycles. The molecule has 144 valence electrons. The Kier molecular flexibility index (Phi) is 4.41.